The molecule has 0 bridgehead atoms. The molecule has 0 heterocycles. The molecular formula is C14H22Cl2Zr. The van der Waals surface area contributed by atoms with Crippen molar-refractivity contribution in [3.05, 3.63) is 23.3 Å². The number of allylic oxidation sites excluding steroid dienone is 4. The Bertz CT molecular complexity index is 221. The number of rotatable bonds is 0. The Labute approximate surface area is 139 Å². The summed E-state index contributed by atoms with van der Waals surface area (Å²) >= 11 is 0. The summed E-state index contributed by atoms with van der Waals surface area (Å²) < 4.78 is 0. The predicted octanol–water partition coefficient (Wildman–Crippen LogP) is -1.66. The van der Waals surface area contributed by atoms with E-state index in [2.05, 4.69) is 39.8 Å². The van der Waals surface area contributed by atoms with Gasteiger partial charge >= 0.3 is 26.2 Å². The van der Waals surface area contributed by atoms with Gasteiger partial charge in [-0.25, -0.2) is 0 Å². The van der Waals surface area contributed by atoms with Gasteiger partial charge in [0.2, 0.25) is 0 Å². The zero-order chi connectivity index (χ0) is 10.6. The summed E-state index contributed by atoms with van der Waals surface area (Å²) in [6.07, 6.45) is 11.6. The summed E-state index contributed by atoms with van der Waals surface area (Å²) in [4.78, 5) is 0. The van der Waals surface area contributed by atoms with E-state index in [4.69, 9.17) is 0 Å². The van der Waals surface area contributed by atoms with Crippen LogP contribution in [-0.2, 0) is 26.2 Å². The van der Waals surface area contributed by atoms with Crippen molar-refractivity contribution >= 4 is 0 Å². The van der Waals surface area contributed by atoms with Crippen LogP contribution in [0.5, 0.6) is 0 Å². The predicted molar refractivity (Wildman–Crippen MR) is 61.7 cm³/mol. The van der Waals surface area contributed by atoms with Crippen molar-refractivity contribution in [3.8, 4) is 0 Å². The van der Waals surface area contributed by atoms with E-state index in [0.29, 0.717) is 0 Å². The van der Waals surface area contributed by atoms with Crippen molar-refractivity contribution in [2.75, 3.05) is 0 Å². The minimum Gasteiger partial charge on any atom is -1.00 e. The van der Waals surface area contributed by atoms with Gasteiger partial charge in [-0.1, -0.05) is 52.4 Å². The molecule has 2 aliphatic carbocycles. The average molecular weight is 352 g/mol. The zero-order valence-electron chi connectivity index (χ0n) is 11.2. The molecule has 2 atom stereocenters. The summed E-state index contributed by atoms with van der Waals surface area (Å²) in [5.74, 6) is 1.64. The Balaban J connectivity index is -0.000000196. The molecule has 0 saturated carbocycles. The molecule has 0 amide bonds. The van der Waals surface area contributed by atoms with Gasteiger partial charge < -0.3 is 37.0 Å². The Morgan fingerprint density at radius 2 is 1.12 bits per heavy atom. The van der Waals surface area contributed by atoms with Gasteiger partial charge in [0.05, 0.1) is 0 Å². The standard InChI is InChI=1S/2C7H11.2ClH.Zr/c2*1-6-4-3-5-7(6)2;;;/h2*6H,3-4H2,1-2H3;2*1H;/q2*-1;;;+4/p-2. The van der Waals surface area contributed by atoms with Crippen LogP contribution >= 0.6 is 0 Å². The van der Waals surface area contributed by atoms with E-state index in [1.807, 2.05) is 0 Å². The summed E-state index contributed by atoms with van der Waals surface area (Å²) in [7, 11) is 0. The SMILES string of the molecule is CC1=[C-]CCC1C.CC1=[C-]CCC1C.[Cl-].[Cl-].[Zr+4]. The van der Waals surface area contributed by atoms with E-state index in [9.17, 15) is 0 Å². The van der Waals surface area contributed by atoms with E-state index in [0.717, 1.165) is 11.8 Å². The maximum absolute atomic E-state index is 3.29. The molecule has 0 aromatic rings. The fourth-order valence-electron chi connectivity index (χ4n) is 1.75. The molecule has 2 unspecified atom stereocenters. The summed E-state index contributed by atoms with van der Waals surface area (Å²) in [6.45, 7) is 8.85. The molecular weight excluding hydrogens is 330 g/mol. The van der Waals surface area contributed by atoms with E-state index >= 15 is 0 Å². The van der Waals surface area contributed by atoms with Crippen LogP contribution in [0.25, 0.3) is 0 Å². The van der Waals surface area contributed by atoms with Gasteiger partial charge in [0.1, 0.15) is 0 Å². The Morgan fingerprint density at radius 1 is 0.824 bits per heavy atom. The second-order valence-corrected chi connectivity index (χ2v) is 4.60. The minimum absolute atomic E-state index is 0. The molecule has 2 rings (SSSR count). The van der Waals surface area contributed by atoms with Gasteiger partial charge in [-0.15, -0.1) is 0 Å². The topological polar surface area (TPSA) is 0 Å². The molecule has 0 saturated heterocycles. The minimum atomic E-state index is 0. The molecule has 0 spiro atoms. The van der Waals surface area contributed by atoms with Crippen molar-refractivity contribution in [3.63, 3.8) is 0 Å². The van der Waals surface area contributed by atoms with Gasteiger partial charge in [-0.2, -0.15) is 12.8 Å². The summed E-state index contributed by atoms with van der Waals surface area (Å²) in [5, 5.41) is 0. The smallest absolute Gasteiger partial charge is 1.00 e. The van der Waals surface area contributed by atoms with Gasteiger partial charge in [0, 0.05) is 0 Å². The van der Waals surface area contributed by atoms with Crippen LogP contribution in [0.4, 0.5) is 0 Å². The normalized spacial score (nSPS) is 25.2. The molecule has 0 nitrogen and oxygen atoms in total. The fraction of sp³-hybridized carbons (Fsp3) is 0.714. The molecule has 0 aromatic heterocycles. The van der Waals surface area contributed by atoms with Crippen molar-refractivity contribution in [2.45, 2.75) is 53.4 Å². The van der Waals surface area contributed by atoms with Crippen molar-refractivity contribution in [2.24, 2.45) is 11.8 Å². The number of hydrogen-bond donors (Lipinski definition) is 0. The molecule has 0 radical (unpaired) electrons. The molecule has 96 valence electrons. The van der Waals surface area contributed by atoms with E-state index < -0.39 is 0 Å². The van der Waals surface area contributed by atoms with Gasteiger partial charge in [0.25, 0.3) is 0 Å². The first-order chi connectivity index (χ1) is 6.61. The van der Waals surface area contributed by atoms with Crippen LogP contribution in [0.3, 0.4) is 0 Å². The fourth-order valence-corrected chi connectivity index (χ4v) is 1.75. The zero-order valence-corrected chi connectivity index (χ0v) is 15.2. The average Bonchev–Trinajstić information content (AvgIpc) is 2.67. The molecule has 0 aromatic carbocycles. The molecule has 0 N–H and O–H groups in total. The van der Waals surface area contributed by atoms with Crippen LogP contribution in [0.15, 0.2) is 11.1 Å². The van der Waals surface area contributed by atoms with Crippen LogP contribution in [0.2, 0.25) is 0 Å². The first-order valence-corrected chi connectivity index (χ1v) is 5.76. The molecule has 17 heavy (non-hydrogen) atoms. The van der Waals surface area contributed by atoms with Gasteiger partial charge in [0.15, 0.2) is 0 Å². The Hall–Kier alpha value is 0.943. The van der Waals surface area contributed by atoms with Gasteiger partial charge in [-0.05, 0) is 0 Å². The van der Waals surface area contributed by atoms with Gasteiger partial charge in [-0.3, -0.25) is 11.1 Å². The number of halogens is 2. The largest absolute Gasteiger partial charge is 4.00 e. The van der Waals surface area contributed by atoms with Crippen molar-refractivity contribution in [1.29, 1.82) is 0 Å². The first-order valence-electron chi connectivity index (χ1n) is 5.76. The molecule has 2 aliphatic rings. The third kappa shape index (κ3) is 8.63. The van der Waals surface area contributed by atoms with E-state index in [1.165, 1.54) is 36.8 Å². The third-order valence-corrected chi connectivity index (χ3v) is 3.44. The van der Waals surface area contributed by atoms with Crippen LogP contribution in [-0.4, -0.2) is 0 Å². The Kier molecular flexibility index (Phi) is 16.3. The molecule has 3 heteroatoms. The Morgan fingerprint density at radius 3 is 1.18 bits per heavy atom. The first kappa shape index (κ1) is 23.1. The molecule has 0 fully saturated rings. The van der Waals surface area contributed by atoms with Crippen LogP contribution in [0.1, 0.15) is 53.4 Å². The summed E-state index contributed by atoms with van der Waals surface area (Å²) in [5.41, 5.74) is 2.92. The van der Waals surface area contributed by atoms with Crippen LogP contribution < -0.4 is 24.8 Å². The maximum Gasteiger partial charge on any atom is 4.00 e. The number of hydrogen-bond acceptors (Lipinski definition) is 0. The van der Waals surface area contributed by atoms with Crippen molar-refractivity contribution < 1.29 is 51.0 Å². The van der Waals surface area contributed by atoms with Crippen molar-refractivity contribution in [1.82, 2.24) is 0 Å². The maximum atomic E-state index is 3.29. The summed E-state index contributed by atoms with van der Waals surface area (Å²) in [6, 6.07) is 0. The van der Waals surface area contributed by atoms with E-state index in [1.54, 1.807) is 0 Å². The van der Waals surface area contributed by atoms with Crippen LogP contribution in [0, 0.1) is 24.0 Å². The molecule has 0 aliphatic heterocycles. The quantitative estimate of drug-likeness (QED) is 0.458. The monoisotopic (exact) mass is 350 g/mol. The third-order valence-electron chi connectivity index (χ3n) is 3.44. The second-order valence-electron chi connectivity index (χ2n) is 4.60. The van der Waals surface area contributed by atoms with E-state index in [-0.39, 0.29) is 51.0 Å². The second kappa shape index (κ2) is 12.0.